The first kappa shape index (κ1) is 23.4. The van der Waals surface area contributed by atoms with Crippen molar-refractivity contribution in [2.24, 2.45) is 0 Å². The zero-order chi connectivity index (χ0) is 20.6. The number of ether oxygens (including phenoxy) is 2. The molecule has 160 valence electrons. The number of benzene rings is 2. The van der Waals surface area contributed by atoms with Crippen molar-refractivity contribution in [3.8, 4) is 11.5 Å². The average Bonchev–Trinajstić information content (AvgIpc) is 2.71. The van der Waals surface area contributed by atoms with E-state index in [-0.39, 0.29) is 23.9 Å². The van der Waals surface area contributed by atoms with Crippen molar-refractivity contribution in [3.05, 3.63) is 70.6 Å². The average molecular weight is 433 g/mol. The summed E-state index contributed by atoms with van der Waals surface area (Å²) in [6.07, 6.45) is 1.87. The van der Waals surface area contributed by atoms with Gasteiger partial charge in [-0.2, -0.15) is 4.79 Å². The molecule has 0 aliphatic carbocycles. The topological polar surface area (TPSA) is 85.6 Å². The standard InChI is InChI=1S/C22H24N2O5.ClH/c1-23-22(26)29-18-6-3-5-16(13-18)15-24(2)10-4-11-27-17-7-8-19-20(25)9-12-28-21(19)14-17;/h3,5-9,12-14H,4,10-11,15H2,1-2H3,(H,23,26);1H. The van der Waals surface area contributed by atoms with Crippen molar-refractivity contribution in [2.45, 2.75) is 13.0 Å². The fourth-order valence-electron chi connectivity index (χ4n) is 2.95. The Balaban J connectivity index is 0.00000320. The maximum atomic E-state index is 11.7. The fraction of sp³-hybridized carbons (Fsp3) is 0.273. The summed E-state index contributed by atoms with van der Waals surface area (Å²) >= 11 is 0. The predicted molar refractivity (Wildman–Crippen MR) is 109 cm³/mol. The van der Waals surface area contributed by atoms with E-state index in [9.17, 15) is 9.59 Å². The maximum Gasteiger partial charge on any atom is 0.517 e. The molecule has 0 atom stereocenters. The Morgan fingerprint density at radius 3 is 2.77 bits per heavy atom. The number of halogens is 1. The molecule has 1 heterocycles. The van der Waals surface area contributed by atoms with Gasteiger partial charge in [0.05, 0.1) is 25.3 Å². The van der Waals surface area contributed by atoms with Crippen molar-refractivity contribution in [2.75, 3.05) is 27.2 Å². The van der Waals surface area contributed by atoms with Gasteiger partial charge in [-0.1, -0.05) is 12.1 Å². The number of rotatable bonds is 8. The van der Waals surface area contributed by atoms with Crippen molar-refractivity contribution in [1.29, 1.82) is 0 Å². The number of quaternary nitrogens is 1. The highest BCUT2D eigenvalue weighted by atomic mass is 35.5. The SMILES string of the molecule is C[NH2+]C(=O)Oc1cccc(CN(C)CCCOc2ccc3c(=O)ccoc3c2)c1.[Cl-]. The zero-order valence-electron chi connectivity index (χ0n) is 17.0. The number of carbonyl (C=O) groups is 1. The fourth-order valence-corrected chi connectivity index (χ4v) is 2.95. The van der Waals surface area contributed by atoms with Gasteiger partial charge in [0.15, 0.2) is 5.43 Å². The Hall–Kier alpha value is -2.87. The van der Waals surface area contributed by atoms with E-state index in [1.54, 1.807) is 31.3 Å². The van der Waals surface area contributed by atoms with Crippen molar-refractivity contribution in [1.82, 2.24) is 4.90 Å². The number of hydrogen-bond donors (Lipinski definition) is 1. The summed E-state index contributed by atoms with van der Waals surface area (Å²) in [5, 5.41) is 1.94. The van der Waals surface area contributed by atoms with Gasteiger partial charge < -0.3 is 31.2 Å². The largest absolute Gasteiger partial charge is 1.00 e. The Labute approximate surface area is 181 Å². The molecule has 0 saturated heterocycles. The number of nitrogens with two attached hydrogens (primary N) is 1. The van der Waals surface area contributed by atoms with E-state index in [0.29, 0.717) is 29.1 Å². The smallest absolute Gasteiger partial charge is 0.517 e. The van der Waals surface area contributed by atoms with Gasteiger partial charge in [-0.3, -0.25) is 4.79 Å². The van der Waals surface area contributed by atoms with Crippen LogP contribution in [0.1, 0.15) is 12.0 Å². The molecule has 0 aliphatic heterocycles. The summed E-state index contributed by atoms with van der Waals surface area (Å²) in [6.45, 7) is 2.13. The lowest BCUT2D eigenvalue weighted by Gasteiger charge is -2.17. The van der Waals surface area contributed by atoms with Crippen LogP contribution >= 0.6 is 0 Å². The molecule has 0 bridgehead atoms. The second kappa shape index (κ2) is 11.3. The molecule has 8 heteroatoms. The highest BCUT2D eigenvalue weighted by Gasteiger charge is 2.07. The van der Waals surface area contributed by atoms with E-state index in [1.165, 1.54) is 17.6 Å². The lowest BCUT2D eigenvalue weighted by atomic mass is 10.2. The maximum absolute atomic E-state index is 11.7. The van der Waals surface area contributed by atoms with E-state index >= 15 is 0 Å². The van der Waals surface area contributed by atoms with Crippen LogP contribution in [0.4, 0.5) is 4.79 Å². The second-order valence-electron chi connectivity index (χ2n) is 6.74. The molecule has 30 heavy (non-hydrogen) atoms. The van der Waals surface area contributed by atoms with Crippen LogP contribution in [-0.4, -0.2) is 38.2 Å². The van der Waals surface area contributed by atoms with Gasteiger partial charge in [0.2, 0.25) is 0 Å². The van der Waals surface area contributed by atoms with Crippen LogP contribution in [0.3, 0.4) is 0 Å². The summed E-state index contributed by atoms with van der Waals surface area (Å²) in [5.41, 5.74) is 1.53. The van der Waals surface area contributed by atoms with Crippen molar-refractivity contribution in [3.63, 3.8) is 0 Å². The molecular formula is C22H25ClN2O5. The molecule has 0 unspecified atom stereocenters. The van der Waals surface area contributed by atoms with Gasteiger partial charge >= 0.3 is 6.09 Å². The number of fused-ring (bicyclic) bond motifs is 1. The van der Waals surface area contributed by atoms with Crippen molar-refractivity contribution >= 4 is 17.1 Å². The minimum atomic E-state index is -0.361. The van der Waals surface area contributed by atoms with Gasteiger partial charge in [-0.25, -0.2) is 5.32 Å². The molecule has 3 rings (SSSR count). The zero-order valence-corrected chi connectivity index (χ0v) is 17.7. The van der Waals surface area contributed by atoms with Crippen LogP contribution in [0.5, 0.6) is 11.5 Å². The van der Waals surface area contributed by atoms with E-state index in [1.807, 2.05) is 25.2 Å². The monoisotopic (exact) mass is 432 g/mol. The third kappa shape index (κ3) is 6.59. The molecule has 3 aromatic rings. The second-order valence-corrected chi connectivity index (χ2v) is 6.74. The lowest BCUT2D eigenvalue weighted by molar-refractivity contribution is -0.535. The number of carbonyl (C=O) groups excluding carboxylic acids is 1. The molecular weight excluding hydrogens is 408 g/mol. The minimum Gasteiger partial charge on any atom is -1.00 e. The first-order valence-corrected chi connectivity index (χ1v) is 9.48. The Morgan fingerprint density at radius 1 is 1.13 bits per heavy atom. The van der Waals surface area contributed by atoms with Gasteiger partial charge in [-0.15, -0.1) is 0 Å². The van der Waals surface area contributed by atoms with Crippen LogP contribution in [0.25, 0.3) is 11.0 Å². The highest BCUT2D eigenvalue weighted by molar-refractivity contribution is 5.77. The Morgan fingerprint density at radius 2 is 1.97 bits per heavy atom. The summed E-state index contributed by atoms with van der Waals surface area (Å²) < 4.78 is 16.4. The molecule has 0 spiro atoms. The molecule has 0 saturated carbocycles. The molecule has 1 aromatic heterocycles. The normalized spacial score (nSPS) is 10.6. The Bertz CT molecular complexity index is 1040. The van der Waals surface area contributed by atoms with Crippen LogP contribution in [0.15, 0.2) is 64.0 Å². The first-order valence-electron chi connectivity index (χ1n) is 9.48. The van der Waals surface area contributed by atoms with Gasteiger partial charge in [0, 0.05) is 25.2 Å². The van der Waals surface area contributed by atoms with E-state index in [4.69, 9.17) is 13.9 Å². The minimum absolute atomic E-state index is 0. The third-order valence-corrected chi connectivity index (χ3v) is 4.39. The summed E-state index contributed by atoms with van der Waals surface area (Å²) in [6, 6.07) is 14.2. The molecule has 2 N–H and O–H groups in total. The quantitative estimate of drug-likeness (QED) is 0.478. The van der Waals surface area contributed by atoms with Gasteiger partial charge in [0.25, 0.3) is 0 Å². The summed E-state index contributed by atoms with van der Waals surface area (Å²) in [5.74, 6) is 1.22. The van der Waals surface area contributed by atoms with Crippen molar-refractivity contribution < 1.29 is 36.4 Å². The molecule has 7 nitrogen and oxygen atoms in total. The molecule has 1 amide bonds. The predicted octanol–water partition coefficient (Wildman–Crippen LogP) is -0.610. The highest BCUT2D eigenvalue weighted by Crippen LogP contribution is 2.18. The molecule has 0 radical (unpaired) electrons. The van der Waals surface area contributed by atoms with Crippen LogP contribution < -0.4 is 32.6 Å². The van der Waals surface area contributed by atoms with E-state index < -0.39 is 0 Å². The number of amides is 1. The number of primary amides is 1. The van der Waals surface area contributed by atoms with Gasteiger partial charge in [0.1, 0.15) is 17.1 Å². The van der Waals surface area contributed by atoms with Gasteiger partial charge in [-0.05, 0) is 43.3 Å². The molecule has 0 aliphatic rings. The summed E-state index contributed by atoms with van der Waals surface area (Å²) in [4.78, 5) is 25.3. The van der Waals surface area contributed by atoms with Crippen LogP contribution in [-0.2, 0) is 6.54 Å². The first-order chi connectivity index (χ1) is 14.0. The van der Waals surface area contributed by atoms with Crippen LogP contribution in [0.2, 0.25) is 0 Å². The molecule has 0 fully saturated rings. The van der Waals surface area contributed by atoms with Crippen LogP contribution in [0, 0.1) is 0 Å². The number of hydrogen-bond acceptors (Lipinski definition) is 6. The third-order valence-electron chi connectivity index (χ3n) is 4.39. The van der Waals surface area contributed by atoms with E-state index in [0.717, 1.165) is 25.1 Å². The van der Waals surface area contributed by atoms with E-state index in [2.05, 4.69) is 4.90 Å². The Kier molecular flexibility index (Phi) is 8.86. The molecule has 2 aromatic carbocycles. The lowest BCUT2D eigenvalue weighted by Crippen LogP contribution is -3.00. The number of nitrogens with zero attached hydrogens (tertiary/aromatic N) is 1. The summed E-state index contributed by atoms with van der Waals surface area (Å²) in [7, 11) is 3.68.